The SMILES string of the molecule is COc1cccc([C@H]2C3=C(C[C@H](c4ccccc4)CC3=O)N=C(C)C2C#N)c1OC. The predicted octanol–water partition coefficient (Wildman–Crippen LogP) is 4.80. The molecule has 152 valence electrons. The normalized spacial score (nSPS) is 23.3. The van der Waals surface area contributed by atoms with E-state index in [9.17, 15) is 10.1 Å². The number of allylic oxidation sites excluding steroid dienone is 2. The predicted molar refractivity (Wildman–Crippen MR) is 115 cm³/mol. The van der Waals surface area contributed by atoms with Gasteiger partial charge in [0.15, 0.2) is 17.3 Å². The molecule has 0 saturated carbocycles. The van der Waals surface area contributed by atoms with Crippen LogP contribution >= 0.6 is 0 Å². The Morgan fingerprint density at radius 2 is 1.80 bits per heavy atom. The number of carbonyl (C=O) groups excluding carboxylic acids is 1. The van der Waals surface area contributed by atoms with Crippen molar-refractivity contribution in [2.75, 3.05) is 14.2 Å². The highest BCUT2D eigenvalue weighted by Gasteiger charge is 2.42. The lowest BCUT2D eigenvalue weighted by molar-refractivity contribution is -0.116. The van der Waals surface area contributed by atoms with E-state index in [1.54, 1.807) is 14.2 Å². The molecular weight excluding hydrogens is 376 g/mol. The molecule has 0 spiro atoms. The Hall–Kier alpha value is -3.39. The molecule has 0 saturated heterocycles. The highest BCUT2D eigenvalue weighted by molar-refractivity contribution is 6.03. The lowest BCUT2D eigenvalue weighted by atomic mass is 9.69. The van der Waals surface area contributed by atoms with Crippen molar-refractivity contribution < 1.29 is 14.3 Å². The molecule has 4 rings (SSSR count). The summed E-state index contributed by atoms with van der Waals surface area (Å²) in [5.41, 5.74) is 4.09. The second-order valence-corrected chi connectivity index (χ2v) is 7.72. The number of hydrogen-bond donors (Lipinski definition) is 0. The minimum Gasteiger partial charge on any atom is -0.493 e. The molecule has 0 radical (unpaired) electrons. The van der Waals surface area contributed by atoms with Crippen LogP contribution in [0.2, 0.25) is 0 Å². The van der Waals surface area contributed by atoms with Gasteiger partial charge in [0.05, 0.1) is 26.2 Å². The molecule has 1 aliphatic heterocycles. The van der Waals surface area contributed by atoms with E-state index in [1.165, 1.54) is 0 Å². The number of nitriles is 1. The van der Waals surface area contributed by atoms with Crippen LogP contribution in [-0.2, 0) is 4.79 Å². The van der Waals surface area contributed by atoms with Gasteiger partial charge in [0.25, 0.3) is 0 Å². The summed E-state index contributed by atoms with van der Waals surface area (Å²) >= 11 is 0. The molecule has 0 fully saturated rings. The summed E-state index contributed by atoms with van der Waals surface area (Å²) in [6.45, 7) is 1.87. The molecule has 5 heteroatoms. The van der Waals surface area contributed by atoms with E-state index in [2.05, 4.69) is 18.2 Å². The van der Waals surface area contributed by atoms with Gasteiger partial charge in [-0.2, -0.15) is 5.26 Å². The minimum atomic E-state index is -0.526. The zero-order valence-electron chi connectivity index (χ0n) is 17.4. The van der Waals surface area contributed by atoms with Crippen molar-refractivity contribution in [2.45, 2.75) is 31.6 Å². The fraction of sp³-hybridized carbons (Fsp3) is 0.320. The van der Waals surface area contributed by atoms with Crippen LogP contribution in [-0.4, -0.2) is 25.7 Å². The number of rotatable bonds is 4. The molecule has 5 nitrogen and oxygen atoms in total. The molecule has 0 N–H and O–H groups in total. The third kappa shape index (κ3) is 3.29. The van der Waals surface area contributed by atoms with Gasteiger partial charge >= 0.3 is 0 Å². The number of nitrogens with zero attached hydrogens (tertiary/aromatic N) is 2. The highest BCUT2D eigenvalue weighted by Crippen LogP contribution is 2.49. The molecule has 30 heavy (non-hydrogen) atoms. The van der Waals surface area contributed by atoms with Gasteiger partial charge in [-0.1, -0.05) is 42.5 Å². The molecule has 0 amide bonds. The molecule has 3 atom stereocenters. The van der Waals surface area contributed by atoms with Gasteiger partial charge < -0.3 is 9.47 Å². The maximum absolute atomic E-state index is 13.4. The van der Waals surface area contributed by atoms with Crippen LogP contribution in [0.5, 0.6) is 11.5 Å². The van der Waals surface area contributed by atoms with Crippen molar-refractivity contribution in [3.05, 3.63) is 70.9 Å². The number of ketones is 1. The van der Waals surface area contributed by atoms with Gasteiger partial charge in [0.1, 0.15) is 0 Å². The third-order valence-electron chi connectivity index (χ3n) is 6.07. The molecule has 2 aliphatic rings. The Bertz CT molecular complexity index is 1080. The van der Waals surface area contributed by atoms with Crippen LogP contribution in [0.1, 0.15) is 42.7 Å². The summed E-state index contributed by atoms with van der Waals surface area (Å²) in [7, 11) is 3.16. The highest BCUT2D eigenvalue weighted by atomic mass is 16.5. The second kappa shape index (κ2) is 8.16. The molecule has 2 aromatic rings. The first-order valence-corrected chi connectivity index (χ1v) is 10.1. The maximum Gasteiger partial charge on any atom is 0.164 e. The molecule has 1 unspecified atom stereocenters. The number of Topliss-reactive ketones (excluding diaryl/α,β-unsaturated/α-hetero) is 1. The number of benzene rings is 2. The van der Waals surface area contributed by atoms with Crippen molar-refractivity contribution in [2.24, 2.45) is 10.9 Å². The summed E-state index contributed by atoms with van der Waals surface area (Å²) < 4.78 is 11.1. The number of aliphatic imine (C=N–C) groups is 1. The zero-order chi connectivity index (χ0) is 21.3. The smallest absolute Gasteiger partial charge is 0.164 e. The second-order valence-electron chi connectivity index (χ2n) is 7.72. The van der Waals surface area contributed by atoms with Crippen LogP contribution in [0.4, 0.5) is 0 Å². The number of carbonyl (C=O) groups is 1. The topological polar surface area (TPSA) is 71.7 Å². The Kier molecular flexibility index (Phi) is 5.41. The number of methoxy groups -OCH3 is 2. The van der Waals surface area contributed by atoms with Gasteiger partial charge in [0, 0.05) is 34.9 Å². The van der Waals surface area contributed by atoms with Crippen molar-refractivity contribution in [1.82, 2.24) is 0 Å². The fourth-order valence-corrected chi connectivity index (χ4v) is 4.68. The third-order valence-corrected chi connectivity index (χ3v) is 6.07. The van der Waals surface area contributed by atoms with Crippen LogP contribution in [0.3, 0.4) is 0 Å². The van der Waals surface area contributed by atoms with E-state index in [4.69, 9.17) is 14.5 Å². The molecule has 0 bridgehead atoms. The average Bonchev–Trinajstić information content (AvgIpc) is 2.77. The summed E-state index contributed by atoms with van der Waals surface area (Å²) in [6, 6.07) is 18.1. The van der Waals surface area contributed by atoms with Gasteiger partial charge in [-0.25, -0.2) is 0 Å². The lowest BCUT2D eigenvalue weighted by Gasteiger charge is -2.35. The van der Waals surface area contributed by atoms with Crippen LogP contribution < -0.4 is 9.47 Å². The van der Waals surface area contributed by atoms with Crippen LogP contribution in [0, 0.1) is 17.2 Å². The van der Waals surface area contributed by atoms with Crippen molar-refractivity contribution >= 4 is 11.5 Å². The Morgan fingerprint density at radius 3 is 2.47 bits per heavy atom. The Morgan fingerprint density at radius 1 is 1.03 bits per heavy atom. The fourth-order valence-electron chi connectivity index (χ4n) is 4.68. The van der Waals surface area contributed by atoms with E-state index >= 15 is 0 Å². The maximum atomic E-state index is 13.4. The van der Waals surface area contributed by atoms with Gasteiger partial charge in [0.2, 0.25) is 0 Å². The van der Waals surface area contributed by atoms with Crippen LogP contribution in [0.25, 0.3) is 0 Å². The quantitative estimate of drug-likeness (QED) is 0.739. The van der Waals surface area contributed by atoms with Gasteiger partial charge in [-0.15, -0.1) is 0 Å². The Balaban J connectivity index is 1.85. The van der Waals surface area contributed by atoms with E-state index in [0.717, 1.165) is 22.5 Å². The molecule has 1 aliphatic carbocycles. The van der Waals surface area contributed by atoms with E-state index in [-0.39, 0.29) is 11.7 Å². The van der Waals surface area contributed by atoms with Gasteiger partial charge in [-0.3, -0.25) is 9.79 Å². The zero-order valence-corrected chi connectivity index (χ0v) is 17.4. The first-order valence-electron chi connectivity index (χ1n) is 10.1. The molecule has 1 heterocycles. The number of para-hydroxylation sites is 1. The van der Waals surface area contributed by atoms with E-state index < -0.39 is 11.8 Å². The van der Waals surface area contributed by atoms with E-state index in [1.807, 2.05) is 43.3 Å². The monoisotopic (exact) mass is 400 g/mol. The minimum absolute atomic E-state index is 0.0523. The molecule has 0 aromatic heterocycles. The van der Waals surface area contributed by atoms with Crippen molar-refractivity contribution in [1.29, 1.82) is 5.26 Å². The van der Waals surface area contributed by atoms with Crippen molar-refractivity contribution in [3.63, 3.8) is 0 Å². The Labute approximate surface area is 176 Å². The molecule has 2 aromatic carbocycles. The average molecular weight is 400 g/mol. The van der Waals surface area contributed by atoms with Gasteiger partial charge in [-0.05, 0) is 30.9 Å². The molecular formula is C25H24N2O3. The summed E-state index contributed by atoms with van der Waals surface area (Å²) in [5.74, 6) is 0.347. The van der Waals surface area contributed by atoms with Crippen molar-refractivity contribution in [3.8, 4) is 17.6 Å². The van der Waals surface area contributed by atoms with E-state index in [0.29, 0.717) is 29.9 Å². The summed E-state index contributed by atoms with van der Waals surface area (Å²) in [5, 5.41) is 9.95. The largest absolute Gasteiger partial charge is 0.493 e. The summed E-state index contributed by atoms with van der Waals surface area (Å²) in [4.78, 5) is 18.1. The first kappa shape index (κ1) is 19.9. The lowest BCUT2D eigenvalue weighted by Crippen LogP contribution is -2.32. The first-order chi connectivity index (χ1) is 14.6. The summed E-state index contributed by atoms with van der Waals surface area (Å²) in [6.07, 6.45) is 1.10. The standard InChI is InChI=1S/C25H24N2O3/c1-15-19(14-26)23(18-10-7-11-22(29-2)25(18)30-3)24-20(27-15)12-17(13-21(24)28)16-8-5-4-6-9-16/h4-11,17,19,23H,12-13H2,1-3H3/t17-,19?,23+/m0/s1. The number of ether oxygens (including phenoxy) is 2. The van der Waals surface area contributed by atoms with Crippen LogP contribution in [0.15, 0.2) is 64.8 Å². The number of hydrogen-bond acceptors (Lipinski definition) is 5.